The second-order valence-electron chi connectivity index (χ2n) is 5.45. The SMILES string of the molecule is C[Si](C)(C)O[Si](C)(O)[Si](C)(C)C. The van der Waals surface area contributed by atoms with Crippen LogP contribution in [0.2, 0.25) is 45.8 Å². The summed E-state index contributed by atoms with van der Waals surface area (Å²) >= 11 is 0. The van der Waals surface area contributed by atoms with Gasteiger partial charge in [-0.25, -0.2) is 0 Å². The molecule has 12 heavy (non-hydrogen) atoms. The van der Waals surface area contributed by atoms with E-state index in [0.29, 0.717) is 0 Å². The molecule has 5 heteroatoms. The van der Waals surface area contributed by atoms with Gasteiger partial charge in [0.05, 0.1) is 0 Å². The molecule has 74 valence electrons. The van der Waals surface area contributed by atoms with Crippen LogP contribution in [-0.4, -0.2) is 28.8 Å². The summed E-state index contributed by atoms with van der Waals surface area (Å²) in [6.07, 6.45) is 0. The molecule has 0 aliphatic carbocycles. The number of hydrogen-bond acceptors (Lipinski definition) is 2. The van der Waals surface area contributed by atoms with Crippen LogP contribution >= 0.6 is 0 Å². The van der Waals surface area contributed by atoms with E-state index in [1.807, 2.05) is 6.55 Å². The predicted octanol–water partition coefficient (Wildman–Crippen LogP) is 2.32. The molecule has 0 rings (SSSR count). The summed E-state index contributed by atoms with van der Waals surface area (Å²) in [6, 6.07) is 0. The van der Waals surface area contributed by atoms with Gasteiger partial charge in [-0.2, -0.15) is 0 Å². The van der Waals surface area contributed by atoms with E-state index in [2.05, 4.69) is 39.3 Å². The van der Waals surface area contributed by atoms with Crippen LogP contribution in [-0.2, 0) is 4.12 Å². The highest BCUT2D eigenvalue weighted by atomic mass is 29.3. The van der Waals surface area contributed by atoms with Crippen molar-refractivity contribution in [2.24, 2.45) is 0 Å². The normalized spacial score (nSPS) is 19.0. The highest BCUT2D eigenvalue weighted by Gasteiger charge is 2.45. The second-order valence-corrected chi connectivity index (χ2v) is 24.2. The van der Waals surface area contributed by atoms with Gasteiger partial charge in [0.25, 0.3) is 8.08 Å². The molecule has 0 spiro atoms. The van der Waals surface area contributed by atoms with Crippen molar-refractivity contribution < 1.29 is 8.91 Å². The lowest BCUT2D eigenvalue weighted by atomic mass is 11.8. The minimum absolute atomic E-state index is 1.49. The lowest BCUT2D eigenvalue weighted by Crippen LogP contribution is -2.61. The molecule has 1 N–H and O–H groups in total. The first-order valence-electron chi connectivity index (χ1n) is 4.38. The molecule has 2 nitrogen and oxygen atoms in total. The van der Waals surface area contributed by atoms with Gasteiger partial charge in [0.1, 0.15) is 7.59 Å². The van der Waals surface area contributed by atoms with Crippen LogP contribution in [0.1, 0.15) is 0 Å². The van der Waals surface area contributed by atoms with Gasteiger partial charge in [0.2, 0.25) is 0 Å². The Bertz CT molecular complexity index is 155. The molecule has 0 aliphatic heterocycles. The maximum absolute atomic E-state index is 10.2. The molecule has 0 aliphatic rings. The van der Waals surface area contributed by atoms with Crippen molar-refractivity contribution >= 4 is 24.0 Å². The molecule has 0 aromatic rings. The zero-order valence-electron chi connectivity index (χ0n) is 9.36. The van der Waals surface area contributed by atoms with Crippen molar-refractivity contribution in [1.29, 1.82) is 0 Å². The molecular weight excluding hydrogens is 200 g/mol. The fourth-order valence-corrected chi connectivity index (χ4v) is 12.3. The van der Waals surface area contributed by atoms with Crippen LogP contribution in [0.5, 0.6) is 0 Å². The van der Waals surface area contributed by atoms with Crippen molar-refractivity contribution in [3.8, 4) is 0 Å². The van der Waals surface area contributed by atoms with Crippen molar-refractivity contribution in [2.75, 3.05) is 0 Å². The van der Waals surface area contributed by atoms with Crippen molar-refractivity contribution in [3.05, 3.63) is 0 Å². The topological polar surface area (TPSA) is 29.5 Å². The van der Waals surface area contributed by atoms with E-state index < -0.39 is 24.0 Å². The van der Waals surface area contributed by atoms with Crippen LogP contribution in [0.15, 0.2) is 0 Å². The van der Waals surface area contributed by atoms with E-state index in [-0.39, 0.29) is 0 Å². The van der Waals surface area contributed by atoms with Gasteiger partial charge in [-0.1, -0.05) is 19.6 Å². The highest BCUT2D eigenvalue weighted by molar-refractivity contribution is 7.36. The molecule has 0 saturated heterocycles. The molecule has 0 aromatic carbocycles. The van der Waals surface area contributed by atoms with E-state index in [4.69, 9.17) is 4.12 Å². The van der Waals surface area contributed by atoms with E-state index in [1.165, 1.54) is 0 Å². The summed E-state index contributed by atoms with van der Waals surface area (Å²) < 4.78 is 5.88. The second kappa shape index (κ2) is 3.38. The summed E-state index contributed by atoms with van der Waals surface area (Å²) in [4.78, 5) is 10.2. The average molecular weight is 223 g/mol. The molecule has 1 unspecified atom stereocenters. The van der Waals surface area contributed by atoms with E-state index in [0.717, 1.165) is 0 Å². The molecule has 1 atom stereocenters. The standard InChI is InChI=1S/C7H22O2Si3/c1-10(2,3)9-12(7,8)11(4,5)6/h8H,1-7H3. The van der Waals surface area contributed by atoms with Gasteiger partial charge < -0.3 is 8.91 Å². The number of hydrogen-bond donors (Lipinski definition) is 1. The van der Waals surface area contributed by atoms with Crippen LogP contribution in [0, 0.1) is 0 Å². The first-order chi connectivity index (χ1) is 4.96. The zero-order valence-corrected chi connectivity index (χ0v) is 12.4. The molecule has 0 amide bonds. The fraction of sp³-hybridized carbons (Fsp3) is 1.00. The Hall–Kier alpha value is 0.571. The Morgan fingerprint density at radius 2 is 1.17 bits per heavy atom. The van der Waals surface area contributed by atoms with Crippen LogP contribution in [0.25, 0.3) is 0 Å². The summed E-state index contributed by atoms with van der Waals surface area (Å²) in [5.74, 6) is 0. The van der Waals surface area contributed by atoms with Gasteiger partial charge in [-0.15, -0.1) is 0 Å². The molecule has 0 aromatic heterocycles. The van der Waals surface area contributed by atoms with Gasteiger partial charge in [0, 0.05) is 0 Å². The minimum Gasteiger partial charge on any atom is -0.439 e. The Kier molecular flexibility index (Phi) is 3.54. The summed E-state index contributed by atoms with van der Waals surface area (Å²) in [5, 5.41) is 0. The van der Waals surface area contributed by atoms with E-state index in [1.54, 1.807) is 0 Å². The van der Waals surface area contributed by atoms with Crippen LogP contribution in [0.4, 0.5) is 0 Å². The maximum Gasteiger partial charge on any atom is 0.299 e. The Morgan fingerprint density at radius 1 is 0.833 bits per heavy atom. The Balaban J connectivity index is 4.44. The summed E-state index contributed by atoms with van der Waals surface area (Å²) in [5.41, 5.74) is 0. The molecule has 0 heterocycles. The maximum atomic E-state index is 10.2. The van der Waals surface area contributed by atoms with Gasteiger partial charge in [-0.05, 0) is 26.2 Å². The van der Waals surface area contributed by atoms with E-state index >= 15 is 0 Å². The zero-order chi connectivity index (χ0) is 10.2. The summed E-state index contributed by atoms with van der Waals surface area (Å²) in [6.45, 7) is 14.9. The monoisotopic (exact) mass is 222 g/mol. The largest absolute Gasteiger partial charge is 0.439 e. The number of rotatable bonds is 3. The third-order valence-electron chi connectivity index (χ3n) is 1.90. The van der Waals surface area contributed by atoms with Gasteiger partial charge >= 0.3 is 0 Å². The Labute approximate surface area is 79.1 Å². The molecule has 0 saturated carbocycles. The first kappa shape index (κ1) is 12.6. The van der Waals surface area contributed by atoms with E-state index in [9.17, 15) is 4.80 Å². The first-order valence-corrected chi connectivity index (χ1v) is 14.6. The van der Waals surface area contributed by atoms with Crippen molar-refractivity contribution in [1.82, 2.24) is 0 Å². The fourth-order valence-electron chi connectivity index (χ4n) is 0.749. The van der Waals surface area contributed by atoms with Crippen molar-refractivity contribution in [3.63, 3.8) is 0 Å². The van der Waals surface area contributed by atoms with Crippen molar-refractivity contribution in [2.45, 2.75) is 45.8 Å². The Morgan fingerprint density at radius 3 is 1.25 bits per heavy atom. The molecule has 0 radical (unpaired) electrons. The van der Waals surface area contributed by atoms with Crippen LogP contribution in [0.3, 0.4) is 0 Å². The lowest BCUT2D eigenvalue weighted by Gasteiger charge is -2.37. The third kappa shape index (κ3) is 3.99. The third-order valence-corrected chi connectivity index (χ3v) is 18.0. The van der Waals surface area contributed by atoms with Gasteiger partial charge in [-0.3, -0.25) is 0 Å². The quantitative estimate of drug-likeness (QED) is 0.743. The van der Waals surface area contributed by atoms with Crippen LogP contribution < -0.4 is 0 Å². The summed E-state index contributed by atoms with van der Waals surface area (Å²) in [7, 11) is -5.38. The molecule has 0 fully saturated rings. The van der Waals surface area contributed by atoms with Gasteiger partial charge in [0.15, 0.2) is 8.32 Å². The smallest absolute Gasteiger partial charge is 0.299 e. The molecule has 0 bridgehead atoms. The highest BCUT2D eigenvalue weighted by Crippen LogP contribution is 2.21. The average Bonchev–Trinajstić information content (AvgIpc) is 1.52. The minimum atomic E-state index is -2.34. The lowest BCUT2D eigenvalue weighted by molar-refractivity contribution is 0.404. The molecular formula is C7H22O2Si3. The predicted molar refractivity (Wildman–Crippen MR) is 61.6 cm³/mol.